The van der Waals surface area contributed by atoms with Crippen LogP contribution in [0.15, 0.2) is 36.5 Å². The third-order valence-electron chi connectivity index (χ3n) is 2.98. The summed E-state index contributed by atoms with van der Waals surface area (Å²) < 4.78 is 0. The summed E-state index contributed by atoms with van der Waals surface area (Å²) in [6, 6.07) is 9.93. The molecule has 1 heterocycles. The molecule has 0 bridgehead atoms. The molecule has 0 saturated heterocycles. The van der Waals surface area contributed by atoms with Gasteiger partial charge in [-0.3, -0.25) is 4.98 Å². The standard InChI is InChI=1S/C14H17N3O3/c18-17(19)20-11-5-1-4-9-15-14-8-10-16-13-7-3-2-6-12(13)14/h2-3,6-8,10H,1,4-5,9,11H2,(H,15,16). The Morgan fingerprint density at radius 3 is 2.90 bits per heavy atom. The van der Waals surface area contributed by atoms with Crippen LogP contribution in [0.5, 0.6) is 0 Å². The average molecular weight is 275 g/mol. The number of unbranched alkanes of at least 4 members (excludes halogenated alkanes) is 2. The number of para-hydroxylation sites is 1. The van der Waals surface area contributed by atoms with Crippen LogP contribution in [0, 0.1) is 10.1 Å². The second kappa shape index (κ2) is 7.28. The smallest absolute Gasteiger partial charge is 0.294 e. The first-order valence-corrected chi connectivity index (χ1v) is 6.62. The molecule has 0 aliphatic carbocycles. The zero-order valence-corrected chi connectivity index (χ0v) is 11.1. The quantitative estimate of drug-likeness (QED) is 0.455. The maximum absolute atomic E-state index is 9.96. The minimum Gasteiger partial charge on any atom is -0.384 e. The molecule has 2 rings (SSSR count). The molecule has 20 heavy (non-hydrogen) atoms. The first kappa shape index (κ1) is 14.0. The van der Waals surface area contributed by atoms with E-state index in [1.807, 2.05) is 30.3 Å². The summed E-state index contributed by atoms with van der Waals surface area (Å²) >= 11 is 0. The lowest BCUT2D eigenvalue weighted by atomic mass is 10.2. The van der Waals surface area contributed by atoms with Crippen molar-refractivity contribution < 1.29 is 9.92 Å². The van der Waals surface area contributed by atoms with Crippen LogP contribution in [-0.2, 0) is 4.84 Å². The van der Waals surface area contributed by atoms with Crippen LogP contribution in [0.1, 0.15) is 19.3 Å². The van der Waals surface area contributed by atoms with Crippen molar-refractivity contribution in [1.29, 1.82) is 0 Å². The van der Waals surface area contributed by atoms with Crippen molar-refractivity contribution in [2.24, 2.45) is 0 Å². The van der Waals surface area contributed by atoms with Crippen LogP contribution in [-0.4, -0.2) is 23.2 Å². The van der Waals surface area contributed by atoms with Crippen LogP contribution in [0.2, 0.25) is 0 Å². The summed E-state index contributed by atoms with van der Waals surface area (Å²) in [5.41, 5.74) is 2.04. The molecule has 2 aromatic rings. The van der Waals surface area contributed by atoms with E-state index in [9.17, 15) is 10.1 Å². The molecule has 0 amide bonds. The first-order chi connectivity index (χ1) is 9.77. The maximum Gasteiger partial charge on any atom is 0.294 e. The number of nitrogens with zero attached hydrogens (tertiary/aromatic N) is 2. The molecule has 0 unspecified atom stereocenters. The van der Waals surface area contributed by atoms with E-state index in [-0.39, 0.29) is 6.61 Å². The highest BCUT2D eigenvalue weighted by Crippen LogP contribution is 2.20. The SMILES string of the molecule is O=[N+]([O-])OCCCCCNc1ccnc2ccccc12. The van der Waals surface area contributed by atoms with E-state index < -0.39 is 5.09 Å². The first-order valence-electron chi connectivity index (χ1n) is 6.62. The van der Waals surface area contributed by atoms with Crippen molar-refractivity contribution in [3.8, 4) is 0 Å². The number of nitrogens with one attached hydrogen (secondary N) is 1. The predicted octanol–water partition coefficient (Wildman–Crippen LogP) is 3.03. The van der Waals surface area contributed by atoms with Crippen LogP contribution in [0.4, 0.5) is 5.69 Å². The molecular weight excluding hydrogens is 258 g/mol. The Morgan fingerprint density at radius 2 is 2.05 bits per heavy atom. The minimum atomic E-state index is -0.749. The zero-order valence-electron chi connectivity index (χ0n) is 11.1. The molecule has 1 aromatic heterocycles. The topological polar surface area (TPSA) is 77.3 Å². The van der Waals surface area contributed by atoms with Gasteiger partial charge in [-0.05, 0) is 31.4 Å². The lowest BCUT2D eigenvalue weighted by molar-refractivity contribution is -0.757. The van der Waals surface area contributed by atoms with Gasteiger partial charge >= 0.3 is 0 Å². The third kappa shape index (κ3) is 4.08. The Hall–Kier alpha value is -2.37. The molecule has 0 spiro atoms. The molecule has 0 saturated carbocycles. The number of aromatic nitrogens is 1. The molecule has 6 nitrogen and oxygen atoms in total. The predicted molar refractivity (Wildman–Crippen MR) is 77.0 cm³/mol. The van der Waals surface area contributed by atoms with E-state index >= 15 is 0 Å². The van der Waals surface area contributed by atoms with Gasteiger partial charge in [0.2, 0.25) is 0 Å². The van der Waals surface area contributed by atoms with Crippen LogP contribution < -0.4 is 5.32 Å². The largest absolute Gasteiger partial charge is 0.384 e. The van der Waals surface area contributed by atoms with Gasteiger partial charge in [-0.1, -0.05) is 18.2 Å². The lowest BCUT2D eigenvalue weighted by Gasteiger charge is -2.09. The summed E-state index contributed by atoms with van der Waals surface area (Å²) in [6.45, 7) is 0.998. The molecule has 0 atom stereocenters. The fourth-order valence-electron chi connectivity index (χ4n) is 2.02. The number of fused-ring (bicyclic) bond motifs is 1. The van der Waals surface area contributed by atoms with Gasteiger partial charge in [0.15, 0.2) is 0 Å². The minimum absolute atomic E-state index is 0.172. The Labute approximate surface area is 116 Å². The molecule has 106 valence electrons. The number of pyridine rings is 1. The summed E-state index contributed by atoms with van der Waals surface area (Å²) in [6.07, 6.45) is 4.32. The fourth-order valence-corrected chi connectivity index (χ4v) is 2.02. The van der Waals surface area contributed by atoms with Gasteiger partial charge in [0.05, 0.1) is 12.1 Å². The molecule has 0 aliphatic heterocycles. The van der Waals surface area contributed by atoms with Crippen LogP contribution >= 0.6 is 0 Å². The number of hydrogen-bond donors (Lipinski definition) is 1. The van der Waals surface area contributed by atoms with Gasteiger partial charge in [-0.15, -0.1) is 10.1 Å². The van der Waals surface area contributed by atoms with Crippen molar-refractivity contribution in [2.45, 2.75) is 19.3 Å². The third-order valence-corrected chi connectivity index (χ3v) is 2.98. The van der Waals surface area contributed by atoms with Gasteiger partial charge < -0.3 is 10.2 Å². The Bertz CT molecular complexity index is 569. The second-order valence-corrected chi connectivity index (χ2v) is 4.42. The van der Waals surface area contributed by atoms with E-state index in [0.29, 0.717) is 6.42 Å². The Morgan fingerprint density at radius 1 is 1.20 bits per heavy atom. The summed E-state index contributed by atoms with van der Waals surface area (Å²) in [5, 5.41) is 13.7. The highest BCUT2D eigenvalue weighted by molar-refractivity contribution is 5.90. The normalized spacial score (nSPS) is 10.4. The second-order valence-electron chi connectivity index (χ2n) is 4.42. The summed E-state index contributed by atoms with van der Waals surface area (Å²) in [4.78, 5) is 18.5. The monoisotopic (exact) mass is 275 g/mol. The molecule has 1 N–H and O–H groups in total. The van der Waals surface area contributed by atoms with Gasteiger partial charge in [-0.2, -0.15) is 0 Å². The summed E-state index contributed by atoms with van der Waals surface area (Å²) in [5.74, 6) is 0. The van der Waals surface area contributed by atoms with E-state index in [4.69, 9.17) is 0 Å². The molecule has 0 radical (unpaired) electrons. The molecular formula is C14H17N3O3. The van der Waals surface area contributed by atoms with Crippen molar-refractivity contribution in [3.63, 3.8) is 0 Å². The molecule has 0 fully saturated rings. The number of rotatable bonds is 8. The van der Waals surface area contributed by atoms with Crippen molar-refractivity contribution in [1.82, 2.24) is 4.98 Å². The van der Waals surface area contributed by atoms with E-state index in [1.54, 1.807) is 6.20 Å². The van der Waals surface area contributed by atoms with Crippen molar-refractivity contribution in [3.05, 3.63) is 46.6 Å². The lowest BCUT2D eigenvalue weighted by Crippen LogP contribution is -2.05. The van der Waals surface area contributed by atoms with E-state index in [2.05, 4.69) is 15.1 Å². The van der Waals surface area contributed by atoms with Gasteiger partial charge in [-0.25, -0.2) is 0 Å². The number of hydrogen-bond acceptors (Lipinski definition) is 5. The Kier molecular flexibility index (Phi) is 5.11. The van der Waals surface area contributed by atoms with Gasteiger partial charge in [0, 0.05) is 23.8 Å². The van der Waals surface area contributed by atoms with Crippen molar-refractivity contribution >= 4 is 16.6 Å². The number of benzene rings is 1. The fraction of sp³-hybridized carbons (Fsp3) is 0.357. The molecule has 6 heteroatoms. The molecule has 1 aromatic carbocycles. The van der Waals surface area contributed by atoms with Crippen molar-refractivity contribution in [2.75, 3.05) is 18.5 Å². The summed E-state index contributed by atoms with van der Waals surface area (Å²) in [7, 11) is 0. The highest BCUT2D eigenvalue weighted by atomic mass is 16.9. The van der Waals surface area contributed by atoms with E-state index in [1.165, 1.54) is 0 Å². The van der Waals surface area contributed by atoms with Crippen LogP contribution in [0.25, 0.3) is 10.9 Å². The van der Waals surface area contributed by atoms with Gasteiger partial charge in [0.25, 0.3) is 5.09 Å². The molecule has 0 aliphatic rings. The van der Waals surface area contributed by atoms with Crippen LogP contribution in [0.3, 0.4) is 0 Å². The Balaban J connectivity index is 1.75. The van der Waals surface area contributed by atoms with Gasteiger partial charge in [0.1, 0.15) is 0 Å². The maximum atomic E-state index is 9.96. The van der Waals surface area contributed by atoms with E-state index in [0.717, 1.165) is 36.0 Å². The number of anilines is 1. The average Bonchev–Trinajstić information content (AvgIpc) is 2.46. The zero-order chi connectivity index (χ0) is 14.2. The highest BCUT2D eigenvalue weighted by Gasteiger charge is 2.00.